The Labute approximate surface area is 60.8 Å². The predicted molar refractivity (Wildman–Crippen MR) is 38.9 cm³/mol. The Morgan fingerprint density at radius 2 is 1.86 bits per heavy atom. The molecular weight excluding hydrogens is 214 g/mol. The van der Waals surface area contributed by atoms with Gasteiger partial charge in [-0.1, -0.05) is 0 Å². The SMILES string of the molecule is C1=C[CH]=[Sb][CH]=C1.[SH-]. The van der Waals surface area contributed by atoms with Gasteiger partial charge in [0.15, 0.2) is 0 Å². The van der Waals surface area contributed by atoms with Crippen LogP contribution < -0.4 is 0 Å². The molecule has 0 nitrogen and oxygen atoms in total. The topological polar surface area (TPSA) is 0 Å². The van der Waals surface area contributed by atoms with Crippen molar-refractivity contribution in [2.24, 2.45) is 0 Å². The second-order valence-electron chi connectivity index (χ2n) is 1.02. The zero-order valence-corrected chi connectivity index (χ0v) is 7.23. The average Bonchev–Trinajstić information content (AvgIpc) is 1.72. The van der Waals surface area contributed by atoms with E-state index in [0.29, 0.717) is 0 Å². The van der Waals surface area contributed by atoms with Crippen molar-refractivity contribution in [3.63, 3.8) is 0 Å². The fraction of sp³-hybridized carbons (Fsp3) is 0. The Bertz CT molecular complexity index is 77.5. The first-order valence-corrected chi connectivity index (χ1v) is 4.80. The number of hydrogen-bond acceptors (Lipinski definition) is 1. The zero-order chi connectivity index (χ0) is 4.24. The van der Waals surface area contributed by atoms with Crippen molar-refractivity contribution in [2.75, 3.05) is 0 Å². The van der Waals surface area contributed by atoms with E-state index in [-0.39, 0.29) is 34.6 Å². The number of rotatable bonds is 0. The molecule has 0 unspecified atom stereocenters. The van der Waals surface area contributed by atoms with Gasteiger partial charge in [0.25, 0.3) is 0 Å². The second kappa shape index (κ2) is 4.67. The molecule has 0 fully saturated rings. The first-order valence-electron chi connectivity index (χ1n) is 1.85. The van der Waals surface area contributed by atoms with E-state index in [4.69, 9.17) is 0 Å². The van der Waals surface area contributed by atoms with Crippen molar-refractivity contribution in [1.29, 1.82) is 0 Å². The number of hydrogen-bond donors (Lipinski definition) is 0. The van der Waals surface area contributed by atoms with Crippen LogP contribution in [0.5, 0.6) is 0 Å². The standard InChI is InChI=1S/C5H5.H2S.Sb/c1-3-5-4-2;;/h1-5H;1H2;/p-1. The Morgan fingerprint density at radius 1 is 1.00 bits per heavy atom. The molecule has 0 aromatic heterocycles. The summed E-state index contributed by atoms with van der Waals surface area (Å²) in [5.41, 5.74) is 0. The smallest absolute Gasteiger partial charge is 0.813 e. The van der Waals surface area contributed by atoms with Gasteiger partial charge in [-0.2, -0.15) is 0 Å². The summed E-state index contributed by atoms with van der Waals surface area (Å²) in [5.74, 6) is 0. The second-order valence-corrected chi connectivity index (χ2v) is 3.58. The van der Waals surface area contributed by atoms with Gasteiger partial charge in [0.1, 0.15) is 0 Å². The summed E-state index contributed by atoms with van der Waals surface area (Å²) in [4.78, 5) is 0. The van der Waals surface area contributed by atoms with E-state index < -0.39 is 0 Å². The minimum absolute atomic E-state index is 0. The summed E-state index contributed by atoms with van der Waals surface area (Å²) in [7, 11) is 0. The largest absolute Gasteiger partial charge is 0.813 e. The molecule has 0 aromatic rings. The van der Waals surface area contributed by atoms with Gasteiger partial charge >= 0.3 is 47.3 Å². The first kappa shape index (κ1) is 7.52. The van der Waals surface area contributed by atoms with Gasteiger partial charge in [-0.3, -0.25) is 0 Å². The molecule has 0 N–H and O–H groups in total. The fourth-order valence-electron chi connectivity index (χ4n) is 0.313. The predicted octanol–water partition coefficient (Wildman–Crippen LogP) is 0.306. The molecule has 1 aliphatic rings. The molecule has 1 aliphatic heterocycles. The van der Waals surface area contributed by atoms with E-state index in [0.717, 1.165) is 0 Å². The Balaban J connectivity index is 0.000000360. The molecule has 0 aromatic carbocycles. The van der Waals surface area contributed by atoms with Crippen LogP contribution >= 0.6 is 0 Å². The van der Waals surface area contributed by atoms with Crippen LogP contribution in [0.3, 0.4) is 0 Å². The van der Waals surface area contributed by atoms with Gasteiger partial charge in [0.05, 0.1) is 0 Å². The van der Waals surface area contributed by atoms with E-state index in [2.05, 4.69) is 26.2 Å². The summed E-state index contributed by atoms with van der Waals surface area (Å²) in [6.07, 6.45) is 6.31. The fourth-order valence-corrected chi connectivity index (χ4v) is 1.73. The van der Waals surface area contributed by atoms with Gasteiger partial charge < -0.3 is 13.5 Å². The molecule has 0 amide bonds. The maximum absolute atomic E-state index is 2.28. The van der Waals surface area contributed by atoms with Crippen molar-refractivity contribution in [2.45, 2.75) is 0 Å². The van der Waals surface area contributed by atoms with E-state index >= 15 is 0 Å². The van der Waals surface area contributed by atoms with Crippen LogP contribution in [0.4, 0.5) is 0 Å². The van der Waals surface area contributed by atoms with Crippen LogP contribution in [0, 0.1) is 0 Å². The molecule has 0 saturated carbocycles. The third-order valence-corrected chi connectivity index (χ3v) is 2.53. The number of thiol groups is 1. The minimum atomic E-state index is 0. The van der Waals surface area contributed by atoms with E-state index in [9.17, 15) is 0 Å². The summed E-state index contributed by atoms with van der Waals surface area (Å²) < 4.78 is 4.55. The molecule has 2 heteroatoms. The molecule has 0 bridgehead atoms. The average molecular weight is 220 g/mol. The molecule has 0 spiro atoms. The van der Waals surface area contributed by atoms with Gasteiger partial charge in [0, 0.05) is 0 Å². The van der Waals surface area contributed by atoms with Crippen molar-refractivity contribution in [3.05, 3.63) is 22.3 Å². The zero-order valence-electron chi connectivity index (χ0n) is 3.78. The molecule has 0 atom stereocenters. The number of allylic oxidation sites excluding steroid dienone is 3. The van der Waals surface area contributed by atoms with E-state index in [1.807, 2.05) is 0 Å². The Hall–Kier alpha value is 0.518. The molecule has 1 heterocycles. The Morgan fingerprint density at radius 3 is 2.00 bits per heavy atom. The first-order chi connectivity index (χ1) is 3.00. The van der Waals surface area contributed by atoms with Crippen molar-refractivity contribution in [1.82, 2.24) is 0 Å². The van der Waals surface area contributed by atoms with Crippen molar-refractivity contribution in [3.8, 4) is 0 Å². The van der Waals surface area contributed by atoms with E-state index in [1.54, 1.807) is 0 Å². The van der Waals surface area contributed by atoms with E-state index in [1.165, 1.54) is 0 Å². The molecule has 0 radical (unpaired) electrons. The minimum Gasteiger partial charge on any atom is -0.813 e. The third-order valence-electron chi connectivity index (χ3n) is 0.566. The quantitative estimate of drug-likeness (QED) is 0.321. The molecule has 0 aliphatic carbocycles. The maximum Gasteiger partial charge on any atom is -0.813 e. The summed E-state index contributed by atoms with van der Waals surface area (Å²) in [6.45, 7) is 0. The normalized spacial score (nSPS) is 13.7. The summed E-state index contributed by atoms with van der Waals surface area (Å²) in [6, 6.07) is 0. The van der Waals surface area contributed by atoms with Crippen LogP contribution in [0.15, 0.2) is 22.3 Å². The third kappa shape index (κ3) is 3.13. The van der Waals surface area contributed by atoms with Gasteiger partial charge in [-0.05, 0) is 0 Å². The Kier molecular flexibility index (Phi) is 5.02. The van der Waals surface area contributed by atoms with Crippen LogP contribution in [-0.4, -0.2) is 25.1 Å². The van der Waals surface area contributed by atoms with Crippen molar-refractivity contribution < 1.29 is 0 Å². The molecule has 38 valence electrons. The van der Waals surface area contributed by atoms with Gasteiger partial charge in [-0.15, -0.1) is 0 Å². The van der Waals surface area contributed by atoms with Gasteiger partial charge in [0.2, 0.25) is 0 Å². The maximum atomic E-state index is 2.28. The summed E-state index contributed by atoms with van der Waals surface area (Å²) >= 11 is 0.0368. The van der Waals surface area contributed by atoms with Crippen LogP contribution in [0.2, 0.25) is 0 Å². The van der Waals surface area contributed by atoms with Gasteiger partial charge in [-0.25, -0.2) is 0 Å². The van der Waals surface area contributed by atoms with Crippen molar-refractivity contribution >= 4 is 38.6 Å². The molecular formula is C5H6SSb-. The summed E-state index contributed by atoms with van der Waals surface area (Å²) in [5, 5.41) is 0. The molecule has 7 heavy (non-hydrogen) atoms. The monoisotopic (exact) mass is 219 g/mol. The van der Waals surface area contributed by atoms with Crippen LogP contribution in [0.1, 0.15) is 0 Å². The molecule has 1 rings (SSSR count). The van der Waals surface area contributed by atoms with Crippen LogP contribution in [0.25, 0.3) is 0 Å². The van der Waals surface area contributed by atoms with Crippen LogP contribution in [-0.2, 0) is 13.5 Å². The molecule has 0 saturated heterocycles.